The first-order valence-corrected chi connectivity index (χ1v) is 10.2. The number of halogens is 2. The van der Waals surface area contributed by atoms with Crippen molar-refractivity contribution >= 4 is 23.0 Å². The quantitative estimate of drug-likeness (QED) is 0.202. The van der Waals surface area contributed by atoms with Crippen molar-refractivity contribution in [2.75, 3.05) is 11.5 Å². The van der Waals surface area contributed by atoms with Crippen molar-refractivity contribution in [3.63, 3.8) is 0 Å². The van der Waals surface area contributed by atoms with Gasteiger partial charge in [0.2, 0.25) is 0 Å². The largest absolute Gasteiger partial charge is 0.506 e. The van der Waals surface area contributed by atoms with Crippen LogP contribution in [0.2, 0.25) is 5.02 Å². The van der Waals surface area contributed by atoms with E-state index in [9.17, 15) is 14.6 Å². The van der Waals surface area contributed by atoms with Gasteiger partial charge in [0.05, 0.1) is 11.4 Å². The summed E-state index contributed by atoms with van der Waals surface area (Å²) >= 11 is 5.96. The number of benzene rings is 4. The van der Waals surface area contributed by atoms with Crippen LogP contribution in [0.3, 0.4) is 0 Å². The van der Waals surface area contributed by atoms with Crippen molar-refractivity contribution < 1.29 is 14.6 Å². The monoisotopic (exact) mass is 450 g/mol. The Bertz CT molecular complexity index is 1080. The molecule has 0 saturated carbocycles. The highest BCUT2D eigenvalue weighted by atomic mass is 35.5. The number of aryl methyl sites for hydroxylation is 2. The van der Waals surface area contributed by atoms with Crippen LogP contribution in [0.15, 0.2) is 72.8 Å². The van der Waals surface area contributed by atoms with Gasteiger partial charge in [0.15, 0.2) is 0 Å². The van der Waals surface area contributed by atoms with Gasteiger partial charge in [-0.1, -0.05) is 35.9 Å². The van der Waals surface area contributed by atoms with Gasteiger partial charge in [-0.15, -0.1) is 0 Å². The molecule has 4 aromatic carbocycles. The molecule has 0 radical (unpaired) electrons. The molecular weight excluding hydrogens is 427 g/mol. The molecule has 4 aromatic rings. The first-order valence-electron chi connectivity index (χ1n) is 9.85. The van der Waals surface area contributed by atoms with E-state index in [-0.39, 0.29) is 17.3 Å². The lowest BCUT2D eigenvalue weighted by Gasteiger charge is -2.06. The second-order valence-electron chi connectivity index (χ2n) is 7.48. The lowest BCUT2D eigenvalue weighted by atomic mass is 10.0. The molecule has 0 aliphatic heterocycles. The Kier molecular flexibility index (Phi) is 6.91. The lowest BCUT2D eigenvalue weighted by Crippen LogP contribution is -1.87. The highest BCUT2D eigenvalue weighted by Crippen LogP contribution is 2.30. The number of anilines is 2. The van der Waals surface area contributed by atoms with E-state index >= 15 is 0 Å². The fourth-order valence-corrected chi connectivity index (χ4v) is 3.21. The number of nitrogens with two attached hydrogens (primary N) is 2. The van der Waals surface area contributed by atoms with Gasteiger partial charge in [-0.3, -0.25) is 0 Å². The van der Waals surface area contributed by atoms with Crippen LogP contribution >= 0.6 is 11.6 Å². The van der Waals surface area contributed by atoms with E-state index in [0.717, 1.165) is 32.8 Å². The summed E-state index contributed by atoms with van der Waals surface area (Å²) in [4.78, 5) is 0. The van der Waals surface area contributed by atoms with Crippen LogP contribution in [0.25, 0.3) is 22.3 Å². The maximum atomic E-state index is 13.1. The molecule has 0 spiro atoms. The molecule has 32 heavy (non-hydrogen) atoms. The van der Waals surface area contributed by atoms with Crippen molar-refractivity contribution in [3.05, 3.63) is 94.8 Å². The van der Waals surface area contributed by atoms with E-state index in [2.05, 4.69) is 0 Å². The highest BCUT2D eigenvalue weighted by Gasteiger charge is 2.05. The maximum Gasteiger partial charge on any atom is 0.139 e. The highest BCUT2D eigenvalue weighted by molar-refractivity contribution is 6.31. The van der Waals surface area contributed by atoms with Gasteiger partial charge in [0, 0.05) is 5.02 Å². The second-order valence-corrected chi connectivity index (χ2v) is 7.88. The minimum Gasteiger partial charge on any atom is -0.506 e. The Labute approximate surface area is 191 Å². The molecule has 0 bridgehead atoms. The molecule has 0 fully saturated rings. The molecule has 6 N–H and O–H groups in total. The third-order valence-electron chi connectivity index (χ3n) is 5.04. The van der Waals surface area contributed by atoms with E-state index in [1.54, 1.807) is 49.4 Å². The molecular formula is C26H24ClFN2O2. The zero-order valence-electron chi connectivity index (χ0n) is 17.7. The van der Waals surface area contributed by atoms with E-state index < -0.39 is 0 Å². The van der Waals surface area contributed by atoms with E-state index in [0.29, 0.717) is 16.9 Å². The summed E-state index contributed by atoms with van der Waals surface area (Å²) in [7, 11) is 0. The van der Waals surface area contributed by atoms with Crippen LogP contribution in [0, 0.1) is 19.7 Å². The van der Waals surface area contributed by atoms with Crippen molar-refractivity contribution in [3.8, 4) is 33.8 Å². The van der Waals surface area contributed by atoms with E-state index in [4.69, 9.17) is 23.1 Å². The maximum absolute atomic E-state index is 13.1. The average Bonchev–Trinajstić information content (AvgIpc) is 2.76. The topological polar surface area (TPSA) is 92.5 Å². The smallest absolute Gasteiger partial charge is 0.139 e. The van der Waals surface area contributed by atoms with Crippen molar-refractivity contribution in [1.29, 1.82) is 0 Å². The van der Waals surface area contributed by atoms with Crippen molar-refractivity contribution in [2.24, 2.45) is 0 Å². The molecule has 0 heterocycles. The van der Waals surface area contributed by atoms with Gasteiger partial charge in [0.25, 0.3) is 0 Å². The second kappa shape index (κ2) is 9.62. The predicted octanol–water partition coefficient (Wildman–Crippen LogP) is 6.69. The van der Waals surface area contributed by atoms with E-state index in [1.807, 2.05) is 31.2 Å². The Morgan fingerprint density at radius 3 is 1.47 bits per heavy atom. The van der Waals surface area contributed by atoms with E-state index in [1.165, 1.54) is 6.07 Å². The van der Waals surface area contributed by atoms with Crippen LogP contribution in [-0.2, 0) is 0 Å². The van der Waals surface area contributed by atoms with Gasteiger partial charge in [-0.25, -0.2) is 4.39 Å². The summed E-state index contributed by atoms with van der Waals surface area (Å²) in [5.41, 5.74) is 17.0. The fourth-order valence-electron chi connectivity index (χ4n) is 3.09. The molecule has 0 saturated heterocycles. The van der Waals surface area contributed by atoms with Gasteiger partial charge >= 0.3 is 0 Å². The summed E-state index contributed by atoms with van der Waals surface area (Å²) in [5, 5.41) is 19.8. The Hall–Kier alpha value is -3.70. The summed E-state index contributed by atoms with van der Waals surface area (Å²) in [6.07, 6.45) is 0. The minimum absolute atomic E-state index is 0.0412. The first-order chi connectivity index (χ1) is 15.2. The Morgan fingerprint density at radius 1 is 0.625 bits per heavy atom. The van der Waals surface area contributed by atoms with Crippen LogP contribution in [0.1, 0.15) is 11.1 Å². The van der Waals surface area contributed by atoms with Crippen LogP contribution in [-0.4, -0.2) is 10.2 Å². The lowest BCUT2D eigenvalue weighted by molar-refractivity contribution is 0.477. The molecule has 164 valence electrons. The first kappa shape index (κ1) is 23.0. The molecule has 0 unspecified atom stereocenters. The SMILES string of the molecule is Cc1cc(-c2ccc(N)c(O)c2)ccc1Cl.Cc1cc(-c2ccc(N)c(O)c2)ccc1F. The minimum atomic E-state index is -0.233. The summed E-state index contributed by atoms with van der Waals surface area (Å²) in [6, 6.07) is 20.8. The number of phenols is 2. The van der Waals surface area contributed by atoms with Crippen LogP contribution < -0.4 is 11.5 Å². The normalized spacial score (nSPS) is 10.4. The van der Waals surface area contributed by atoms with Gasteiger partial charge < -0.3 is 21.7 Å². The number of phenolic OH excluding ortho intramolecular Hbond substituents is 2. The van der Waals surface area contributed by atoms with Crippen molar-refractivity contribution in [1.82, 2.24) is 0 Å². The zero-order chi connectivity index (χ0) is 23.4. The number of nitrogen functional groups attached to an aromatic ring is 2. The van der Waals surface area contributed by atoms with Crippen LogP contribution in [0.4, 0.5) is 15.8 Å². The summed E-state index contributed by atoms with van der Waals surface area (Å²) in [5.74, 6) is -0.0898. The Morgan fingerprint density at radius 2 is 1.03 bits per heavy atom. The summed E-state index contributed by atoms with van der Waals surface area (Å²) in [6.45, 7) is 3.65. The average molecular weight is 451 g/mol. The fraction of sp³-hybridized carbons (Fsp3) is 0.0769. The predicted molar refractivity (Wildman–Crippen MR) is 130 cm³/mol. The molecule has 0 amide bonds. The van der Waals surface area contributed by atoms with Crippen LogP contribution in [0.5, 0.6) is 11.5 Å². The zero-order valence-corrected chi connectivity index (χ0v) is 18.5. The standard InChI is InChI=1S/C13H12ClNO.C13H12FNO/c2*1-8-6-9(2-4-11(8)14)10-3-5-12(15)13(16)7-10/h2*2-7,16H,15H2,1H3. The Balaban J connectivity index is 0.000000181. The molecule has 4 nitrogen and oxygen atoms in total. The number of aromatic hydroxyl groups is 2. The number of hydrogen-bond acceptors (Lipinski definition) is 4. The molecule has 0 aromatic heterocycles. The van der Waals surface area contributed by atoms with Gasteiger partial charge in [-0.05, 0) is 95.8 Å². The summed E-state index contributed by atoms with van der Waals surface area (Å²) < 4.78 is 13.1. The molecule has 0 atom stereocenters. The number of rotatable bonds is 2. The van der Waals surface area contributed by atoms with Gasteiger partial charge in [0.1, 0.15) is 17.3 Å². The third-order valence-corrected chi connectivity index (χ3v) is 5.47. The third kappa shape index (κ3) is 5.31. The molecule has 0 aliphatic carbocycles. The number of hydrogen-bond donors (Lipinski definition) is 4. The van der Waals surface area contributed by atoms with Crippen molar-refractivity contribution in [2.45, 2.75) is 13.8 Å². The molecule has 6 heteroatoms. The molecule has 4 rings (SSSR count). The molecule has 0 aliphatic rings. The van der Waals surface area contributed by atoms with Gasteiger partial charge in [-0.2, -0.15) is 0 Å².